The van der Waals surface area contributed by atoms with Gasteiger partial charge in [0.2, 0.25) is 5.91 Å². The number of ether oxygens (including phenoxy) is 1. The number of fused-ring (bicyclic) bond motifs is 1. The normalized spacial score (nSPS) is 10.8. The van der Waals surface area contributed by atoms with Crippen LogP contribution in [0.1, 0.15) is 25.3 Å². The molecule has 0 saturated heterocycles. The van der Waals surface area contributed by atoms with Crippen molar-refractivity contribution in [2.75, 3.05) is 18.9 Å². The van der Waals surface area contributed by atoms with Crippen molar-refractivity contribution in [3.8, 4) is 5.69 Å². The highest BCUT2D eigenvalue weighted by Crippen LogP contribution is 2.26. The topological polar surface area (TPSA) is 90.3 Å². The van der Waals surface area contributed by atoms with Crippen molar-refractivity contribution in [2.24, 2.45) is 0 Å². The number of halogens is 1. The maximum atomic E-state index is 13.3. The van der Waals surface area contributed by atoms with Crippen LogP contribution in [0, 0.1) is 6.92 Å². The molecule has 32 heavy (non-hydrogen) atoms. The Morgan fingerprint density at radius 3 is 2.75 bits per heavy atom. The fraction of sp³-hybridized carbons (Fsp3) is 0.304. The molecule has 0 aliphatic heterocycles. The summed E-state index contributed by atoms with van der Waals surface area (Å²) in [5.74, 6) is -0.419. The number of hydrogen-bond acceptors (Lipinski definition) is 6. The van der Waals surface area contributed by atoms with Crippen molar-refractivity contribution in [1.82, 2.24) is 14.9 Å². The van der Waals surface area contributed by atoms with Crippen LogP contribution in [0.3, 0.4) is 0 Å². The monoisotopic (exact) mass is 473 g/mol. The summed E-state index contributed by atoms with van der Waals surface area (Å²) in [7, 11) is 0. The Kier molecular flexibility index (Phi) is 8.30. The predicted molar refractivity (Wildman–Crippen MR) is 127 cm³/mol. The molecular weight excluding hydrogens is 450 g/mol. The van der Waals surface area contributed by atoms with E-state index in [4.69, 9.17) is 16.3 Å². The van der Waals surface area contributed by atoms with Crippen LogP contribution < -0.4 is 10.9 Å². The molecule has 0 unspecified atom stereocenters. The highest BCUT2D eigenvalue weighted by molar-refractivity contribution is 7.99. The number of carbonyl (C=O) groups is 2. The Labute approximate surface area is 195 Å². The summed E-state index contributed by atoms with van der Waals surface area (Å²) in [6.45, 7) is 4.30. The van der Waals surface area contributed by atoms with Crippen LogP contribution in [0.15, 0.2) is 52.4 Å². The minimum Gasteiger partial charge on any atom is -0.466 e. The summed E-state index contributed by atoms with van der Waals surface area (Å²) in [5.41, 5.74) is 1.71. The van der Waals surface area contributed by atoms with Gasteiger partial charge in [0.25, 0.3) is 5.56 Å². The number of nitrogens with one attached hydrogen (secondary N) is 1. The Morgan fingerprint density at radius 2 is 1.97 bits per heavy atom. The van der Waals surface area contributed by atoms with Gasteiger partial charge < -0.3 is 10.1 Å². The molecule has 0 aliphatic carbocycles. The van der Waals surface area contributed by atoms with E-state index in [-0.39, 0.29) is 29.6 Å². The predicted octanol–water partition coefficient (Wildman–Crippen LogP) is 3.90. The molecule has 0 fully saturated rings. The highest BCUT2D eigenvalue weighted by atomic mass is 35.5. The SMILES string of the molecule is CCOC(=O)CCCNC(=O)CSc1nc2ccccc2c(=O)n1-c1cccc(Cl)c1C. The van der Waals surface area contributed by atoms with Gasteiger partial charge in [-0.15, -0.1) is 0 Å². The second-order valence-electron chi connectivity index (χ2n) is 6.98. The molecular formula is C23H24ClN3O4S. The Bertz CT molecular complexity index is 1200. The average molecular weight is 474 g/mol. The summed E-state index contributed by atoms with van der Waals surface area (Å²) < 4.78 is 6.37. The molecule has 1 amide bonds. The van der Waals surface area contributed by atoms with Crippen LogP contribution in [0.5, 0.6) is 0 Å². The van der Waals surface area contributed by atoms with Crippen LogP contribution in [-0.2, 0) is 14.3 Å². The molecule has 7 nitrogen and oxygen atoms in total. The molecule has 168 valence electrons. The number of hydrogen-bond donors (Lipinski definition) is 1. The van der Waals surface area contributed by atoms with Gasteiger partial charge in [-0.1, -0.05) is 41.6 Å². The summed E-state index contributed by atoms with van der Waals surface area (Å²) in [4.78, 5) is 41.6. The minimum absolute atomic E-state index is 0.0732. The lowest BCUT2D eigenvalue weighted by Gasteiger charge is -2.15. The Balaban J connectivity index is 1.80. The van der Waals surface area contributed by atoms with Crippen molar-refractivity contribution in [3.63, 3.8) is 0 Å². The van der Waals surface area contributed by atoms with E-state index in [1.807, 2.05) is 13.0 Å². The quantitative estimate of drug-likeness (QED) is 0.219. The Morgan fingerprint density at radius 1 is 1.19 bits per heavy atom. The molecule has 1 heterocycles. The van der Waals surface area contributed by atoms with Gasteiger partial charge in [-0.2, -0.15) is 0 Å². The summed E-state index contributed by atoms with van der Waals surface area (Å²) in [6, 6.07) is 12.4. The fourth-order valence-electron chi connectivity index (χ4n) is 3.13. The van der Waals surface area contributed by atoms with Crippen molar-refractivity contribution in [2.45, 2.75) is 31.8 Å². The molecule has 9 heteroatoms. The van der Waals surface area contributed by atoms with Crippen LogP contribution >= 0.6 is 23.4 Å². The van der Waals surface area contributed by atoms with Gasteiger partial charge in [0, 0.05) is 18.0 Å². The number of benzene rings is 2. The molecule has 1 aromatic heterocycles. The molecule has 0 atom stereocenters. The van der Waals surface area contributed by atoms with Gasteiger partial charge >= 0.3 is 5.97 Å². The molecule has 1 N–H and O–H groups in total. The molecule has 2 aromatic carbocycles. The van der Waals surface area contributed by atoms with Crippen LogP contribution in [0.2, 0.25) is 5.02 Å². The van der Waals surface area contributed by atoms with Crippen molar-refractivity contribution in [3.05, 3.63) is 63.4 Å². The zero-order chi connectivity index (χ0) is 23.1. The van der Waals surface area contributed by atoms with Crippen LogP contribution in [0.25, 0.3) is 16.6 Å². The Hall–Kier alpha value is -2.84. The van der Waals surface area contributed by atoms with E-state index in [2.05, 4.69) is 10.3 Å². The molecule has 0 bridgehead atoms. The molecule has 3 rings (SSSR count). The molecule has 0 aliphatic rings. The number of nitrogens with zero attached hydrogens (tertiary/aromatic N) is 2. The van der Waals surface area contributed by atoms with E-state index in [0.717, 1.165) is 5.56 Å². The lowest BCUT2D eigenvalue weighted by Crippen LogP contribution is -2.28. The van der Waals surface area contributed by atoms with Crippen molar-refractivity contribution >= 4 is 46.1 Å². The van der Waals surface area contributed by atoms with Gasteiger partial charge in [0.15, 0.2) is 5.16 Å². The van der Waals surface area contributed by atoms with Gasteiger partial charge in [-0.05, 0) is 50.1 Å². The van der Waals surface area contributed by atoms with E-state index in [1.54, 1.807) is 43.3 Å². The number of aromatic nitrogens is 2. The number of para-hydroxylation sites is 1. The zero-order valence-electron chi connectivity index (χ0n) is 17.9. The first-order chi connectivity index (χ1) is 15.4. The molecule has 0 spiro atoms. The number of thioether (sulfide) groups is 1. The summed E-state index contributed by atoms with van der Waals surface area (Å²) in [5, 5.41) is 4.21. The maximum Gasteiger partial charge on any atom is 0.305 e. The van der Waals surface area contributed by atoms with Gasteiger partial charge in [0.1, 0.15) is 0 Å². The third kappa shape index (κ3) is 5.69. The zero-order valence-corrected chi connectivity index (χ0v) is 19.5. The first-order valence-electron chi connectivity index (χ1n) is 10.2. The summed E-state index contributed by atoms with van der Waals surface area (Å²) in [6.07, 6.45) is 0.747. The van der Waals surface area contributed by atoms with Crippen LogP contribution in [0.4, 0.5) is 0 Å². The third-order valence-electron chi connectivity index (χ3n) is 4.74. The van der Waals surface area contributed by atoms with E-state index in [9.17, 15) is 14.4 Å². The molecule has 0 saturated carbocycles. The lowest BCUT2D eigenvalue weighted by molar-refractivity contribution is -0.143. The largest absolute Gasteiger partial charge is 0.466 e. The van der Waals surface area contributed by atoms with E-state index < -0.39 is 0 Å². The molecule has 3 aromatic rings. The number of esters is 1. The summed E-state index contributed by atoms with van der Waals surface area (Å²) >= 11 is 7.46. The fourth-order valence-corrected chi connectivity index (χ4v) is 4.14. The van der Waals surface area contributed by atoms with Crippen molar-refractivity contribution in [1.29, 1.82) is 0 Å². The highest BCUT2D eigenvalue weighted by Gasteiger charge is 2.17. The number of amides is 1. The van der Waals surface area contributed by atoms with Gasteiger partial charge in [-0.25, -0.2) is 4.98 Å². The molecule has 0 radical (unpaired) electrons. The lowest BCUT2D eigenvalue weighted by atomic mass is 10.2. The number of rotatable bonds is 9. The smallest absolute Gasteiger partial charge is 0.305 e. The first-order valence-corrected chi connectivity index (χ1v) is 11.6. The van der Waals surface area contributed by atoms with E-state index in [0.29, 0.717) is 46.3 Å². The second-order valence-corrected chi connectivity index (χ2v) is 8.33. The second kappa shape index (κ2) is 11.2. The van der Waals surface area contributed by atoms with Crippen LogP contribution in [-0.4, -0.2) is 40.3 Å². The maximum absolute atomic E-state index is 13.3. The van der Waals surface area contributed by atoms with Gasteiger partial charge in [0.05, 0.1) is 29.0 Å². The van der Waals surface area contributed by atoms with E-state index >= 15 is 0 Å². The minimum atomic E-state index is -0.280. The number of carbonyl (C=O) groups excluding carboxylic acids is 2. The third-order valence-corrected chi connectivity index (χ3v) is 6.09. The first kappa shape index (κ1) is 23.8. The van der Waals surface area contributed by atoms with E-state index in [1.165, 1.54) is 16.3 Å². The van der Waals surface area contributed by atoms with Crippen molar-refractivity contribution < 1.29 is 14.3 Å². The standard InChI is InChI=1S/C23H24ClN3O4S/c1-3-31-21(29)12-7-13-25-20(28)14-32-23-26-18-10-5-4-8-16(18)22(30)27(23)19-11-6-9-17(24)15(19)2/h4-6,8-11H,3,7,12-14H2,1-2H3,(H,25,28). The average Bonchev–Trinajstić information content (AvgIpc) is 2.78. The van der Waals surface area contributed by atoms with Gasteiger partial charge in [-0.3, -0.25) is 19.0 Å².